The molecule has 0 aliphatic carbocycles. The summed E-state index contributed by atoms with van der Waals surface area (Å²) < 4.78 is 25.9. The van der Waals surface area contributed by atoms with Gasteiger partial charge in [-0.25, -0.2) is 13.1 Å². The van der Waals surface area contributed by atoms with Crippen LogP contribution in [0.2, 0.25) is 10.0 Å². The van der Waals surface area contributed by atoms with E-state index in [0.717, 1.165) is 0 Å². The number of benzene rings is 1. The van der Waals surface area contributed by atoms with Crippen molar-refractivity contribution in [1.82, 2.24) is 4.72 Å². The third kappa shape index (κ3) is 3.46. The van der Waals surface area contributed by atoms with Crippen LogP contribution in [0.3, 0.4) is 0 Å². The smallest absolute Gasteiger partial charge is 0.242 e. The van der Waals surface area contributed by atoms with Crippen LogP contribution in [0.5, 0.6) is 0 Å². The fourth-order valence-electron chi connectivity index (χ4n) is 1.12. The van der Waals surface area contributed by atoms with Crippen molar-refractivity contribution in [3.05, 3.63) is 22.2 Å². The van der Waals surface area contributed by atoms with Crippen LogP contribution in [0.15, 0.2) is 17.0 Å². The van der Waals surface area contributed by atoms with Crippen LogP contribution in [0, 0.1) is 0 Å². The van der Waals surface area contributed by atoms with Gasteiger partial charge >= 0.3 is 0 Å². The van der Waals surface area contributed by atoms with Crippen molar-refractivity contribution in [3.63, 3.8) is 0 Å². The van der Waals surface area contributed by atoms with Gasteiger partial charge in [0.2, 0.25) is 10.0 Å². The van der Waals surface area contributed by atoms with Gasteiger partial charge < -0.3 is 10.8 Å². The molecule has 0 aliphatic rings. The number of halogens is 2. The zero-order chi connectivity index (χ0) is 13.1. The Morgan fingerprint density at radius 2 is 2.00 bits per heavy atom. The summed E-state index contributed by atoms with van der Waals surface area (Å²) in [5, 5.41) is 8.67. The third-order valence-electron chi connectivity index (χ3n) is 2.01. The lowest BCUT2D eigenvalue weighted by Gasteiger charge is -2.10. The number of anilines is 1. The minimum atomic E-state index is -3.73. The zero-order valence-electron chi connectivity index (χ0n) is 8.78. The molecule has 1 rings (SSSR count). The van der Waals surface area contributed by atoms with Crippen molar-refractivity contribution in [3.8, 4) is 0 Å². The van der Waals surface area contributed by atoms with E-state index < -0.39 is 10.0 Å². The highest BCUT2D eigenvalue weighted by atomic mass is 35.5. The lowest BCUT2D eigenvalue weighted by atomic mass is 10.3. The highest BCUT2D eigenvalue weighted by molar-refractivity contribution is 7.89. The van der Waals surface area contributed by atoms with Gasteiger partial charge in [0, 0.05) is 13.2 Å². The van der Waals surface area contributed by atoms with Gasteiger partial charge in [-0.15, -0.1) is 0 Å². The molecule has 0 unspecified atom stereocenters. The number of nitrogens with two attached hydrogens (primary N) is 1. The van der Waals surface area contributed by atoms with Crippen LogP contribution >= 0.6 is 23.2 Å². The van der Waals surface area contributed by atoms with Gasteiger partial charge in [0.25, 0.3) is 0 Å². The molecule has 1 aromatic rings. The first-order valence-corrected chi connectivity index (χ1v) is 6.98. The first-order chi connectivity index (χ1) is 7.90. The minimum absolute atomic E-state index is 0.0263. The average Bonchev–Trinajstić information content (AvgIpc) is 2.26. The van der Waals surface area contributed by atoms with E-state index in [1.165, 1.54) is 12.1 Å². The van der Waals surface area contributed by atoms with Gasteiger partial charge in [0.15, 0.2) is 0 Å². The van der Waals surface area contributed by atoms with E-state index in [0.29, 0.717) is 6.42 Å². The summed E-state index contributed by atoms with van der Waals surface area (Å²) >= 11 is 11.5. The molecule has 17 heavy (non-hydrogen) atoms. The molecule has 96 valence electrons. The SMILES string of the molecule is Nc1c(Cl)ccc(S(=O)(=O)NCCCO)c1Cl. The van der Waals surface area contributed by atoms with Crippen LogP contribution in [-0.4, -0.2) is 26.7 Å². The largest absolute Gasteiger partial charge is 0.396 e. The highest BCUT2D eigenvalue weighted by Crippen LogP contribution is 2.32. The standard InChI is InChI=1S/C9H12Cl2N2O3S/c10-6-2-3-7(8(11)9(6)12)17(15,16)13-4-1-5-14/h2-3,13-14H,1,4-5,12H2. The second-order valence-corrected chi connectivity index (χ2v) is 5.77. The summed E-state index contributed by atoms with van der Waals surface area (Å²) in [5.41, 5.74) is 5.56. The number of hydrogen-bond donors (Lipinski definition) is 3. The molecule has 0 heterocycles. The topological polar surface area (TPSA) is 92.4 Å². The Morgan fingerprint density at radius 3 is 2.59 bits per heavy atom. The van der Waals surface area contributed by atoms with Crippen molar-refractivity contribution >= 4 is 38.9 Å². The number of nitrogen functional groups attached to an aromatic ring is 1. The van der Waals surface area contributed by atoms with E-state index in [1.807, 2.05) is 0 Å². The fraction of sp³-hybridized carbons (Fsp3) is 0.333. The molecule has 0 spiro atoms. The maximum absolute atomic E-state index is 11.8. The highest BCUT2D eigenvalue weighted by Gasteiger charge is 2.19. The molecule has 0 bridgehead atoms. The Hall–Kier alpha value is -0.530. The summed E-state index contributed by atoms with van der Waals surface area (Å²) in [6.45, 7) is 0.0245. The summed E-state index contributed by atoms with van der Waals surface area (Å²) in [6, 6.07) is 2.64. The van der Waals surface area contributed by atoms with Gasteiger partial charge in [-0.3, -0.25) is 0 Å². The Kier molecular flexibility index (Phi) is 5.03. The molecule has 0 fully saturated rings. The number of nitrogens with one attached hydrogen (secondary N) is 1. The van der Waals surface area contributed by atoms with Crippen molar-refractivity contribution in [2.75, 3.05) is 18.9 Å². The first-order valence-electron chi connectivity index (χ1n) is 4.74. The molecular formula is C9H12Cl2N2O3S. The Balaban J connectivity index is 3.04. The van der Waals surface area contributed by atoms with Crippen molar-refractivity contribution in [2.45, 2.75) is 11.3 Å². The second kappa shape index (κ2) is 5.88. The average molecular weight is 299 g/mol. The molecule has 0 saturated carbocycles. The molecule has 0 saturated heterocycles. The minimum Gasteiger partial charge on any atom is -0.396 e. The first kappa shape index (κ1) is 14.5. The van der Waals surface area contributed by atoms with Gasteiger partial charge in [-0.2, -0.15) is 0 Å². The molecule has 8 heteroatoms. The molecule has 5 nitrogen and oxygen atoms in total. The Labute approximate surface area is 110 Å². The Bertz CT molecular complexity index is 505. The van der Waals surface area contributed by atoms with Gasteiger partial charge in [0.05, 0.1) is 15.7 Å². The van der Waals surface area contributed by atoms with Crippen molar-refractivity contribution in [1.29, 1.82) is 0 Å². The van der Waals surface area contributed by atoms with Crippen LogP contribution in [0.4, 0.5) is 5.69 Å². The monoisotopic (exact) mass is 298 g/mol. The van der Waals surface area contributed by atoms with Crippen LogP contribution in [0.1, 0.15) is 6.42 Å². The number of aliphatic hydroxyl groups excluding tert-OH is 1. The van der Waals surface area contributed by atoms with E-state index in [-0.39, 0.29) is 33.8 Å². The molecule has 0 amide bonds. The maximum Gasteiger partial charge on any atom is 0.242 e. The Morgan fingerprint density at radius 1 is 1.35 bits per heavy atom. The zero-order valence-corrected chi connectivity index (χ0v) is 11.1. The predicted octanol–water partition coefficient (Wildman–Crippen LogP) is 1.24. The quantitative estimate of drug-likeness (QED) is 0.563. The summed E-state index contributed by atoms with van der Waals surface area (Å²) in [4.78, 5) is -0.126. The lowest BCUT2D eigenvalue weighted by molar-refractivity contribution is 0.289. The normalized spacial score (nSPS) is 11.7. The van der Waals surface area contributed by atoms with E-state index in [1.54, 1.807) is 0 Å². The fourth-order valence-corrected chi connectivity index (χ4v) is 2.96. The van der Waals surface area contributed by atoms with Gasteiger partial charge in [0.1, 0.15) is 4.90 Å². The molecule has 0 atom stereocenters. The third-order valence-corrected chi connectivity index (χ3v) is 4.36. The number of hydrogen-bond acceptors (Lipinski definition) is 4. The number of rotatable bonds is 5. The van der Waals surface area contributed by atoms with E-state index in [2.05, 4.69) is 4.72 Å². The van der Waals surface area contributed by atoms with Crippen molar-refractivity contribution in [2.24, 2.45) is 0 Å². The molecule has 4 N–H and O–H groups in total. The number of sulfonamides is 1. The van der Waals surface area contributed by atoms with E-state index in [4.69, 9.17) is 34.0 Å². The lowest BCUT2D eigenvalue weighted by Crippen LogP contribution is -2.25. The van der Waals surface area contributed by atoms with Gasteiger partial charge in [-0.05, 0) is 18.6 Å². The second-order valence-electron chi connectivity index (χ2n) is 3.25. The molecule has 0 aromatic heterocycles. The number of aliphatic hydroxyl groups is 1. The van der Waals surface area contributed by atoms with Crippen LogP contribution in [0.25, 0.3) is 0 Å². The maximum atomic E-state index is 11.8. The summed E-state index contributed by atoms with van der Waals surface area (Å²) in [6.07, 6.45) is 0.319. The molecule has 0 aliphatic heterocycles. The van der Waals surface area contributed by atoms with Gasteiger partial charge in [-0.1, -0.05) is 23.2 Å². The molecule has 1 aromatic carbocycles. The van der Waals surface area contributed by atoms with Crippen molar-refractivity contribution < 1.29 is 13.5 Å². The molecular weight excluding hydrogens is 287 g/mol. The van der Waals surface area contributed by atoms with E-state index in [9.17, 15) is 8.42 Å². The summed E-state index contributed by atoms with van der Waals surface area (Å²) in [7, 11) is -3.73. The van der Waals surface area contributed by atoms with Crippen LogP contribution < -0.4 is 10.5 Å². The van der Waals surface area contributed by atoms with E-state index >= 15 is 0 Å². The summed E-state index contributed by atoms with van der Waals surface area (Å²) in [5.74, 6) is 0. The predicted molar refractivity (Wildman–Crippen MR) is 67.8 cm³/mol. The molecule has 0 radical (unpaired) electrons. The van der Waals surface area contributed by atoms with Crippen LogP contribution in [-0.2, 0) is 10.0 Å².